The lowest BCUT2D eigenvalue weighted by atomic mass is 10.1. The predicted molar refractivity (Wildman–Crippen MR) is 112 cm³/mol. The first kappa shape index (κ1) is 21.9. The molecule has 0 aliphatic carbocycles. The molecule has 0 aliphatic heterocycles. The second-order valence-electron chi connectivity index (χ2n) is 7.61. The molecule has 0 spiro atoms. The SMILES string of the molecule is Cc1cccc(C(=O)Nc2ccccc2CNC(=O)CNC(=O)OC(C)(C)C)c1. The molecule has 7 heteroatoms. The number of anilines is 1. The van der Waals surface area contributed by atoms with Gasteiger partial charge in [-0.2, -0.15) is 0 Å². The second kappa shape index (κ2) is 9.73. The lowest BCUT2D eigenvalue weighted by Gasteiger charge is -2.19. The highest BCUT2D eigenvalue weighted by Gasteiger charge is 2.16. The smallest absolute Gasteiger partial charge is 0.408 e. The van der Waals surface area contributed by atoms with Gasteiger partial charge in [0.25, 0.3) is 5.91 Å². The van der Waals surface area contributed by atoms with Crippen LogP contribution in [0.2, 0.25) is 0 Å². The zero-order valence-corrected chi connectivity index (χ0v) is 17.2. The number of carbonyl (C=O) groups excluding carboxylic acids is 3. The quantitative estimate of drug-likeness (QED) is 0.696. The largest absolute Gasteiger partial charge is 0.444 e. The average molecular weight is 397 g/mol. The minimum Gasteiger partial charge on any atom is -0.444 e. The number of hydrogen-bond acceptors (Lipinski definition) is 4. The molecule has 0 bridgehead atoms. The van der Waals surface area contributed by atoms with E-state index >= 15 is 0 Å². The first-order valence-corrected chi connectivity index (χ1v) is 9.33. The van der Waals surface area contributed by atoms with E-state index in [1.807, 2.05) is 37.3 Å². The third-order valence-electron chi connectivity index (χ3n) is 3.81. The van der Waals surface area contributed by atoms with Crippen LogP contribution in [-0.4, -0.2) is 30.1 Å². The van der Waals surface area contributed by atoms with Crippen molar-refractivity contribution < 1.29 is 19.1 Å². The molecular formula is C22H27N3O4. The lowest BCUT2D eigenvalue weighted by molar-refractivity contribution is -0.120. The summed E-state index contributed by atoms with van der Waals surface area (Å²) in [5.74, 6) is -0.588. The summed E-state index contributed by atoms with van der Waals surface area (Å²) in [6, 6.07) is 14.5. The van der Waals surface area contributed by atoms with E-state index < -0.39 is 11.7 Å². The van der Waals surface area contributed by atoms with Crippen LogP contribution in [0.3, 0.4) is 0 Å². The highest BCUT2D eigenvalue weighted by Crippen LogP contribution is 2.16. The van der Waals surface area contributed by atoms with Crippen molar-refractivity contribution in [2.24, 2.45) is 0 Å². The van der Waals surface area contributed by atoms with Crippen LogP contribution in [0.4, 0.5) is 10.5 Å². The van der Waals surface area contributed by atoms with Crippen molar-refractivity contribution >= 4 is 23.6 Å². The average Bonchev–Trinajstić information content (AvgIpc) is 2.64. The topological polar surface area (TPSA) is 96.5 Å². The van der Waals surface area contributed by atoms with Gasteiger partial charge in [-0.25, -0.2) is 4.79 Å². The molecule has 29 heavy (non-hydrogen) atoms. The predicted octanol–water partition coefficient (Wildman–Crippen LogP) is 3.39. The summed E-state index contributed by atoms with van der Waals surface area (Å²) in [7, 11) is 0. The molecule has 0 saturated carbocycles. The summed E-state index contributed by atoms with van der Waals surface area (Å²) in [6.45, 7) is 7.16. The monoisotopic (exact) mass is 397 g/mol. The van der Waals surface area contributed by atoms with E-state index in [1.165, 1.54) is 0 Å². The summed E-state index contributed by atoms with van der Waals surface area (Å²) in [5.41, 5.74) is 2.29. The summed E-state index contributed by atoms with van der Waals surface area (Å²) in [4.78, 5) is 36.1. The van der Waals surface area contributed by atoms with Crippen molar-refractivity contribution in [1.82, 2.24) is 10.6 Å². The Morgan fingerprint density at radius 2 is 1.69 bits per heavy atom. The molecule has 0 heterocycles. The van der Waals surface area contributed by atoms with E-state index in [1.54, 1.807) is 39.0 Å². The molecule has 2 aromatic rings. The zero-order chi connectivity index (χ0) is 21.4. The normalized spacial score (nSPS) is 10.8. The van der Waals surface area contributed by atoms with Crippen molar-refractivity contribution in [1.29, 1.82) is 0 Å². The van der Waals surface area contributed by atoms with E-state index in [4.69, 9.17) is 4.74 Å². The Hall–Kier alpha value is -3.35. The molecule has 2 rings (SSSR count). The van der Waals surface area contributed by atoms with Gasteiger partial charge < -0.3 is 20.7 Å². The maximum atomic E-state index is 12.5. The van der Waals surface area contributed by atoms with Crippen molar-refractivity contribution in [2.45, 2.75) is 39.8 Å². The molecule has 0 atom stereocenters. The van der Waals surface area contributed by atoms with Crippen molar-refractivity contribution in [3.63, 3.8) is 0 Å². The maximum absolute atomic E-state index is 12.5. The van der Waals surface area contributed by atoms with Gasteiger partial charge in [0.05, 0.1) is 0 Å². The van der Waals surface area contributed by atoms with Crippen LogP contribution in [0.25, 0.3) is 0 Å². The van der Waals surface area contributed by atoms with Crippen LogP contribution >= 0.6 is 0 Å². The Kier molecular flexibility index (Phi) is 7.36. The fourth-order valence-corrected chi connectivity index (χ4v) is 2.50. The van der Waals surface area contributed by atoms with Gasteiger partial charge in [-0.05, 0) is 51.5 Å². The summed E-state index contributed by atoms with van der Waals surface area (Å²) in [5, 5.41) is 8.00. The Balaban J connectivity index is 1.91. The van der Waals surface area contributed by atoms with Gasteiger partial charge >= 0.3 is 6.09 Å². The van der Waals surface area contributed by atoms with Gasteiger partial charge in [-0.1, -0.05) is 35.9 Å². The number of nitrogens with one attached hydrogen (secondary N) is 3. The van der Waals surface area contributed by atoms with Crippen LogP contribution in [0.5, 0.6) is 0 Å². The number of carbonyl (C=O) groups is 3. The Bertz CT molecular complexity index is 888. The molecule has 154 valence electrons. The Labute approximate surface area is 170 Å². The number of aryl methyl sites for hydroxylation is 1. The summed E-state index contributed by atoms with van der Waals surface area (Å²) >= 11 is 0. The number of benzene rings is 2. The van der Waals surface area contributed by atoms with Gasteiger partial charge in [0.1, 0.15) is 12.1 Å². The lowest BCUT2D eigenvalue weighted by Crippen LogP contribution is -2.39. The fourth-order valence-electron chi connectivity index (χ4n) is 2.50. The maximum Gasteiger partial charge on any atom is 0.408 e. The molecule has 0 aliphatic rings. The third kappa shape index (κ3) is 7.65. The number of para-hydroxylation sites is 1. The first-order chi connectivity index (χ1) is 13.6. The zero-order valence-electron chi connectivity index (χ0n) is 17.2. The minimum atomic E-state index is -0.654. The molecule has 0 aromatic heterocycles. The minimum absolute atomic E-state index is 0.202. The van der Waals surface area contributed by atoms with Gasteiger partial charge in [-0.15, -0.1) is 0 Å². The molecule has 0 fully saturated rings. The van der Waals surface area contributed by atoms with E-state index in [9.17, 15) is 14.4 Å². The molecule has 3 amide bonds. The standard InChI is InChI=1S/C22H27N3O4/c1-15-8-7-10-16(12-15)20(27)25-18-11-6-5-9-17(18)13-23-19(26)14-24-21(28)29-22(2,3)4/h5-12H,13-14H2,1-4H3,(H,23,26)(H,24,28)(H,25,27). The van der Waals surface area contributed by atoms with Gasteiger partial charge in [-0.3, -0.25) is 9.59 Å². The van der Waals surface area contributed by atoms with Crippen LogP contribution in [0.1, 0.15) is 42.3 Å². The molecule has 0 saturated heterocycles. The third-order valence-corrected chi connectivity index (χ3v) is 3.81. The van der Waals surface area contributed by atoms with Gasteiger partial charge in [0.15, 0.2) is 0 Å². The summed E-state index contributed by atoms with van der Waals surface area (Å²) in [6.07, 6.45) is -0.654. The van der Waals surface area contributed by atoms with Crippen molar-refractivity contribution in [3.05, 3.63) is 65.2 Å². The Morgan fingerprint density at radius 1 is 0.966 bits per heavy atom. The van der Waals surface area contributed by atoms with Crippen LogP contribution < -0.4 is 16.0 Å². The molecule has 0 radical (unpaired) electrons. The number of hydrogen-bond donors (Lipinski definition) is 3. The second-order valence-corrected chi connectivity index (χ2v) is 7.61. The fraction of sp³-hybridized carbons (Fsp3) is 0.318. The van der Waals surface area contributed by atoms with Gasteiger partial charge in [0, 0.05) is 17.8 Å². The summed E-state index contributed by atoms with van der Waals surface area (Å²) < 4.78 is 5.09. The highest BCUT2D eigenvalue weighted by molar-refractivity contribution is 6.04. The van der Waals surface area contributed by atoms with E-state index in [0.717, 1.165) is 11.1 Å². The van der Waals surface area contributed by atoms with E-state index in [2.05, 4.69) is 16.0 Å². The first-order valence-electron chi connectivity index (χ1n) is 9.33. The number of amides is 3. The van der Waals surface area contributed by atoms with Crippen molar-refractivity contribution in [2.75, 3.05) is 11.9 Å². The molecule has 3 N–H and O–H groups in total. The molecular weight excluding hydrogens is 370 g/mol. The van der Waals surface area contributed by atoms with Crippen LogP contribution in [0, 0.1) is 6.92 Å². The van der Waals surface area contributed by atoms with Gasteiger partial charge in [0.2, 0.25) is 5.91 Å². The molecule has 2 aromatic carbocycles. The highest BCUT2D eigenvalue weighted by atomic mass is 16.6. The van der Waals surface area contributed by atoms with Crippen LogP contribution in [0.15, 0.2) is 48.5 Å². The number of alkyl carbamates (subject to hydrolysis) is 1. The Morgan fingerprint density at radius 3 is 2.38 bits per heavy atom. The van der Waals surface area contributed by atoms with Crippen LogP contribution in [-0.2, 0) is 16.1 Å². The van der Waals surface area contributed by atoms with E-state index in [-0.39, 0.29) is 24.9 Å². The van der Waals surface area contributed by atoms with E-state index in [0.29, 0.717) is 11.3 Å². The van der Waals surface area contributed by atoms with Crippen molar-refractivity contribution in [3.8, 4) is 0 Å². The molecule has 0 unspecified atom stereocenters. The number of ether oxygens (including phenoxy) is 1. The number of rotatable bonds is 6. The molecule has 7 nitrogen and oxygen atoms in total.